The van der Waals surface area contributed by atoms with Crippen LogP contribution in [0.3, 0.4) is 0 Å². The summed E-state index contributed by atoms with van der Waals surface area (Å²) >= 11 is 0. The van der Waals surface area contributed by atoms with E-state index >= 15 is 0 Å². The number of nitrogens with zero attached hydrogens (tertiary/aromatic N) is 2. The first-order valence-electron chi connectivity index (χ1n) is 17.1. The zero-order chi connectivity index (χ0) is 34.1. The van der Waals surface area contributed by atoms with E-state index in [1.807, 2.05) is 18.2 Å². The summed E-state index contributed by atoms with van der Waals surface area (Å²) < 4.78 is 21.6. The lowest BCUT2D eigenvalue weighted by molar-refractivity contribution is -0.123. The molecule has 0 saturated carbocycles. The Morgan fingerprint density at radius 3 is 1.62 bits per heavy atom. The molecule has 2 heterocycles. The molecule has 48 heavy (non-hydrogen) atoms. The largest absolute Gasteiger partial charge is 0.504 e. The van der Waals surface area contributed by atoms with E-state index in [9.17, 15) is 14.7 Å². The van der Waals surface area contributed by atoms with Crippen LogP contribution < -0.4 is 9.47 Å². The van der Waals surface area contributed by atoms with Gasteiger partial charge in [0.15, 0.2) is 34.6 Å². The molecule has 0 spiro atoms. The van der Waals surface area contributed by atoms with Crippen LogP contribution in [0.4, 0.5) is 0 Å². The van der Waals surface area contributed by atoms with Crippen molar-refractivity contribution in [1.82, 2.24) is 9.80 Å². The number of hydrogen-bond acceptors (Lipinski definition) is 9. The van der Waals surface area contributed by atoms with E-state index in [1.165, 1.54) is 16.7 Å². The average molecular weight is 657 g/mol. The monoisotopic (exact) mass is 656 g/mol. The molecule has 9 nitrogen and oxygen atoms in total. The topological polar surface area (TPSA) is 97.8 Å². The smallest absolute Gasteiger partial charge is 0.197 e. The number of benzene rings is 2. The minimum Gasteiger partial charge on any atom is -0.504 e. The van der Waals surface area contributed by atoms with Crippen molar-refractivity contribution in [3.05, 3.63) is 75.8 Å². The Labute approximate surface area is 283 Å². The van der Waals surface area contributed by atoms with Crippen LogP contribution in [0.5, 0.6) is 17.2 Å². The Morgan fingerprint density at radius 2 is 1.15 bits per heavy atom. The first kappa shape index (κ1) is 32.7. The number of Topliss-reactive ketones (excluding diaryl/α,β-unsaturated/α-hetero) is 2. The molecule has 2 saturated heterocycles. The molecular formula is C39H48N2O7. The molecule has 2 aromatic rings. The van der Waals surface area contributed by atoms with E-state index in [4.69, 9.17) is 18.9 Å². The molecule has 4 bridgehead atoms. The first-order chi connectivity index (χ1) is 23.0. The second kappa shape index (κ2) is 11.9. The molecule has 6 aliphatic rings. The number of carbonyl (C=O) groups excluding carboxylic acids is 2. The number of methoxy groups -OCH3 is 4. The van der Waals surface area contributed by atoms with E-state index in [-0.39, 0.29) is 34.1 Å². The van der Waals surface area contributed by atoms with E-state index in [2.05, 4.69) is 49.0 Å². The second-order valence-electron chi connectivity index (χ2n) is 14.6. The molecule has 2 aliphatic heterocycles. The number of ether oxygens (including phenoxy) is 4. The number of rotatable bonds is 4. The summed E-state index contributed by atoms with van der Waals surface area (Å²) in [5.74, 6) is 3.24. The number of likely N-dealkylation sites (tertiary alicyclic amines) is 2. The summed E-state index contributed by atoms with van der Waals surface area (Å²) in [4.78, 5) is 30.1. The number of carbonyl (C=O) groups is 2. The lowest BCUT2D eigenvalue weighted by Gasteiger charge is -2.57. The Bertz CT molecular complexity index is 1610. The summed E-state index contributed by atoms with van der Waals surface area (Å²) in [7, 11) is 10.8. The molecule has 4 unspecified atom stereocenters. The molecule has 4 aliphatic carbocycles. The number of phenols is 1. The Balaban J connectivity index is 0.000000152. The minimum atomic E-state index is -0.359. The Hall–Kier alpha value is -3.82. The third kappa shape index (κ3) is 4.64. The highest BCUT2D eigenvalue weighted by Gasteiger charge is 2.57. The number of allylic oxidation sites excluding steroid dienone is 2. The van der Waals surface area contributed by atoms with Crippen molar-refractivity contribution < 1.29 is 33.6 Å². The number of hydrogen-bond donors (Lipinski definition) is 1. The molecule has 0 radical (unpaired) electrons. The molecule has 0 aromatic heterocycles. The second-order valence-corrected chi connectivity index (χ2v) is 14.6. The predicted molar refractivity (Wildman–Crippen MR) is 182 cm³/mol. The minimum absolute atomic E-state index is 0.0205. The fraction of sp³-hybridized carbons (Fsp3) is 0.538. The summed E-state index contributed by atoms with van der Waals surface area (Å²) in [5, 5.41) is 10.9. The van der Waals surface area contributed by atoms with Gasteiger partial charge in [-0.1, -0.05) is 12.1 Å². The normalized spacial score (nSPS) is 31.8. The summed E-state index contributed by atoms with van der Waals surface area (Å²) in [6, 6.07) is 8.88. The van der Waals surface area contributed by atoms with Crippen molar-refractivity contribution in [3.63, 3.8) is 0 Å². The third-order valence-corrected chi connectivity index (χ3v) is 12.7. The molecule has 2 aromatic carbocycles. The van der Waals surface area contributed by atoms with Crippen LogP contribution in [0.25, 0.3) is 0 Å². The van der Waals surface area contributed by atoms with Crippen LogP contribution in [0.15, 0.2) is 47.9 Å². The van der Waals surface area contributed by atoms with Gasteiger partial charge in [0.1, 0.15) is 5.75 Å². The van der Waals surface area contributed by atoms with Gasteiger partial charge in [-0.3, -0.25) is 9.59 Å². The van der Waals surface area contributed by atoms with Gasteiger partial charge in [0.05, 0.1) is 28.4 Å². The number of phenolic OH excluding ortho intramolecular Hbond substituents is 1. The summed E-state index contributed by atoms with van der Waals surface area (Å²) in [6.45, 7) is 4.09. The Morgan fingerprint density at radius 1 is 0.688 bits per heavy atom. The van der Waals surface area contributed by atoms with E-state index in [0.717, 1.165) is 55.6 Å². The molecule has 1 N–H and O–H groups in total. The van der Waals surface area contributed by atoms with Crippen LogP contribution in [0.2, 0.25) is 0 Å². The van der Waals surface area contributed by atoms with Crippen LogP contribution in [0, 0.1) is 18.8 Å². The molecular weight excluding hydrogens is 608 g/mol. The number of likely N-dealkylation sites (N-methyl/N-ethyl adjacent to an activating group) is 2. The maximum atomic E-state index is 12.7. The maximum Gasteiger partial charge on any atom is 0.197 e. The summed E-state index contributed by atoms with van der Waals surface area (Å²) in [5.41, 5.74) is 5.51. The van der Waals surface area contributed by atoms with Crippen molar-refractivity contribution in [1.29, 1.82) is 0 Å². The fourth-order valence-electron chi connectivity index (χ4n) is 10.4. The number of aromatic hydroxyl groups is 1. The number of fused-ring (bicyclic) bond motifs is 2. The van der Waals surface area contributed by atoms with Gasteiger partial charge in [-0.05, 0) is 106 Å². The number of ketones is 2. The van der Waals surface area contributed by atoms with Crippen molar-refractivity contribution in [2.75, 3.05) is 55.6 Å². The van der Waals surface area contributed by atoms with Crippen LogP contribution in [0.1, 0.15) is 53.5 Å². The lowest BCUT2D eigenvalue weighted by atomic mass is 9.53. The molecule has 8 rings (SSSR count). The molecule has 9 heteroatoms. The zero-order valence-corrected chi connectivity index (χ0v) is 29.2. The standard InChI is InChI=1S/C20H25NO3.C19H23NO4/c1-12-17(23-3)6-5-13-9-15-14-10-18(24-4)16(22)11-20(14,19(12)13)7-8-21(15)2;1-20-7-6-19-10-14(21)16(24-3)9-12(19)13(20)8-11-4-5-15(23-2)18(22)17(11)19/h5-6,10,14-15H,7-9,11H2,1-4H3;4-5,9,12-13,22H,6-8,10H2,1-3H3/t14?,15?,20-;12?,13?,19-/m11/s1. The SMILES string of the molecule is COC1=CC2C3Cc4ccc(OC)c(C)c4[C@]2(CCN3C)CC1=O.COC1=CC2C3Cc4ccc(OC)c(O)c4[C@]2(CCN3C)CC1=O. The van der Waals surface area contributed by atoms with Crippen molar-refractivity contribution in [2.45, 2.75) is 68.4 Å². The van der Waals surface area contributed by atoms with Crippen LogP contribution in [-0.4, -0.2) is 94.2 Å². The van der Waals surface area contributed by atoms with Gasteiger partial charge in [-0.2, -0.15) is 0 Å². The van der Waals surface area contributed by atoms with Crippen LogP contribution >= 0.6 is 0 Å². The highest BCUT2D eigenvalue weighted by Crippen LogP contribution is 2.58. The van der Waals surface area contributed by atoms with Crippen molar-refractivity contribution in [3.8, 4) is 17.2 Å². The van der Waals surface area contributed by atoms with E-state index in [0.29, 0.717) is 48.1 Å². The highest BCUT2D eigenvalue weighted by molar-refractivity contribution is 5.96. The fourth-order valence-corrected chi connectivity index (χ4v) is 10.4. The lowest BCUT2D eigenvalue weighted by Crippen LogP contribution is -2.60. The maximum absolute atomic E-state index is 12.7. The predicted octanol–water partition coefficient (Wildman–Crippen LogP) is 4.64. The first-order valence-corrected chi connectivity index (χ1v) is 17.1. The number of piperidine rings is 2. The van der Waals surface area contributed by atoms with E-state index in [1.54, 1.807) is 28.4 Å². The van der Waals surface area contributed by atoms with Crippen molar-refractivity contribution >= 4 is 11.6 Å². The van der Waals surface area contributed by atoms with Crippen molar-refractivity contribution in [2.24, 2.45) is 11.8 Å². The van der Waals surface area contributed by atoms with Gasteiger partial charge in [0, 0.05) is 53.2 Å². The van der Waals surface area contributed by atoms with Gasteiger partial charge in [-0.15, -0.1) is 0 Å². The zero-order valence-electron chi connectivity index (χ0n) is 29.2. The highest BCUT2D eigenvalue weighted by atomic mass is 16.5. The average Bonchev–Trinajstić information content (AvgIpc) is 3.07. The Kier molecular flexibility index (Phi) is 8.14. The molecule has 0 amide bonds. The van der Waals surface area contributed by atoms with Gasteiger partial charge >= 0.3 is 0 Å². The quantitative estimate of drug-likeness (QED) is 0.505. The van der Waals surface area contributed by atoms with Gasteiger partial charge in [0.25, 0.3) is 0 Å². The van der Waals surface area contributed by atoms with E-state index < -0.39 is 0 Å². The molecule has 6 atom stereocenters. The third-order valence-electron chi connectivity index (χ3n) is 12.7. The summed E-state index contributed by atoms with van der Waals surface area (Å²) in [6.07, 6.45) is 8.75. The molecule has 2 fully saturated rings. The molecule has 256 valence electrons. The van der Waals surface area contributed by atoms with Gasteiger partial charge < -0.3 is 33.9 Å². The van der Waals surface area contributed by atoms with Gasteiger partial charge in [-0.25, -0.2) is 0 Å². The van der Waals surface area contributed by atoms with Gasteiger partial charge in [0.2, 0.25) is 0 Å². The van der Waals surface area contributed by atoms with Crippen LogP contribution in [-0.2, 0) is 42.7 Å².